The second-order valence-corrected chi connectivity index (χ2v) is 7.23. The van der Waals surface area contributed by atoms with Crippen LogP contribution < -0.4 is 10.0 Å². The lowest BCUT2D eigenvalue weighted by Crippen LogP contribution is -2.38. The number of nitro benzene ring substituents is 1. The highest BCUT2D eigenvalue weighted by atomic mass is 32.2. The number of nitrogens with zero attached hydrogens (tertiary/aromatic N) is 1. The van der Waals surface area contributed by atoms with Gasteiger partial charge in [0, 0.05) is 18.7 Å². The number of piperidine rings is 1. The fourth-order valence-corrected chi connectivity index (χ4v) is 3.81. The first-order valence-electron chi connectivity index (χ1n) is 7.17. The van der Waals surface area contributed by atoms with Crippen molar-refractivity contribution >= 4 is 15.7 Å². The monoisotopic (exact) mass is 367 g/mol. The van der Waals surface area contributed by atoms with Gasteiger partial charge in [0.2, 0.25) is 10.0 Å². The molecule has 0 aromatic heterocycles. The van der Waals surface area contributed by atoms with Crippen molar-refractivity contribution in [3.05, 3.63) is 33.9 Å². The van der Waals surface area contributed by atoms with Crippen molar-refractivity contribution in [2.75, 3.05) is 19.6 Å². The summed E-state index contributed by atoms with van der Waals surface area (Å²) in [6.07, 6.45) is -3.40. The smallest absolute Gasteiger partial charge is 0.316 e. The molecule has 1 aliphatic rings. The Morgan fingerprint density at radius 1 is 1.38 bits per heavy atom. The lowest BCUT2D eigenvalue weighted by molar-refractivity contribution is -0.385. The molecule has 11 heteroatoms. The van der Waals surface area contributed by atoms with Crippen molar-refractivity contribution in [3.63, 3.8) is 0 Å². The Morgan fingerprint density at radius 3 is 2.62 bits per heavy atom. The number of alkyl halides is 3. The number of hydrogen-bond acceptors (Lipinski definition) is 5. The van der Waals surface area contributed by atoms with E-state index in [1.165, 1.54) is 0 Å². The molecule has 0 saturated carbocycles. The first kappa shape index (κ1) is 18.6. The SMILES string of the molecule is O=[N+]([O-])c1ccc(S(=O)(=O)NCC2CCCNC2)c(C(F)(F)F)c1. The van der Waals surface area contributed by atoms with Crippen LogP contribution in [0.5, 0.6) is 0 Å². The minimum Gasteiger partial charge on any atom is -0.316 e. The number of benzene rings is 1. The van der Waals surface area contributed by atoms with Gasteiger partial charge in [-0.3, -0.25) is 10.1 Å². The van der Waals surface area contributed by atoms with E-state index in [1.807, 2.05) is 0 Å². The number of nitro groups is 1. The van der Waals surface area contributed by atoms with Crippen molar-refractivity contribution in [2.45, 2.75) is 23.9 Å². The molecule has 2 N–H and O–H groups in total. The van der Waals surface area contributed by atoms with E-state index in [-0.39, 0.29) is 18.5 Å². The first-order chi connectivity index (χ1) is 11.1. The van der Waals surface area contributed by atoms with Gasteiger partial charge in [-0.25, -0.2) is 13.1 Å². The fourth-order valence-electron chi connectivity index (χ4n) is 2.49. The van der Waals surface area contributed by atoms with Gasteiger partial charge in [-0.2, -0.15) is 13.2 Å². The van der Waals surface area contributed by atoms with Crippen molar-refractivity contribution in [2.24, 2.45) is 5.92 Å². The molecular weight excluding hydrogens is 351 g/mol. The normalized spacial score (nSPS) is 19.2. The summed E-state index contributed by atoms with van der Waals surface area (Å²) in [5, 5.41) is 13.7. The number of rotatable bonds is 5. The molecule has 7 nitrogen and oxygen atoms in total. The van der Waals surface area contributed by atoms with E-state index in [0.717, 1.165) is 25.5 Å². The third-order valence-corrected chi connectivity index (χ3v) is 5.21. The largest absolute Gasteiger partial charge is 0.417 e. The Morgan fingerprint density at radius 2 is 2.08 bits per heavy atom. The number of halogens is 3. The number of sulfonamides is 1. The minimum absolute atomic E-state index is 0.00359. The number of nitrogens with one attached hydrogen (secondary N) is 2. The minimum atomic E-state index is -5.03. The zero-order valence-electron chi connectivity index (χ0n) is 12.5. The van der Waals surface area contributed by atoms with Crippen LogP contribution in [0, 0.1) is 16.0 Å². The summed E-state index contributed by atoms with van der Waals surface area (Å²) < 4.78 is 65.9. The second kappa shape index (κ2) is 7.03. The standard InChI is InChI=1S/C13H16F3N3O4S/c14-13(15,16)11-6-10(19(20)21)3-4-12(11)24(22,23)18-8-9-2-1-5-17-7-9/h3-4,6,9,17-18H,1-2,5,7-8H2. The second-order valence-electron chi connectivity index (χ2n) is 5.50. The predicted molar refractivity (Wildman–Crippen MR) is 78.9 cm³/mol. The van der Waals surface area contributed by atoms with Crippen LogP contribution in [0.4, 0.5) is 18.9 Å². The number of hydrogen-bond donors (Lipinski definition) is 2. The van der Waals surface area contributed by atoms with Gasteiger partial charge in [0.1, 0.15) is 0 Å². The summed E-state index contributed by atoms with van der Waals surface area (Å²) in [6.45, 7) is 1.41. The van der Waals surface area contributed by atoms with Crippen LogP contribution in [0.1, 0.15) is 18.4 Å². The average Bonchev–Trinajstić information content (AvgIpc) is 2.52. The van der Waals surface area contributed by atoms with Crippen LogP contribution in [-0.2, 0) is 16.2 Å². The van der Waals surface area contributed by atoms with Crippen LogP contribution in [0.2, 0.25) is 0 Å². The maximum Gasteiger partial charge on any atom is 0.417 e. The molecule has 2 rings (SSSR count). The van der Waals surface area contributed by atoms with Gasteiger partial charge in [0.15, 0.2) is 0 Å². The summed E-state index contributed by atoms with van der Waals surface area (Å²) in [7, 11) is -4.44. The lowest BCUT2D eigenvalue weighted by atomic mass is 10.0. The molecule has 0 radical (unpaired) electrons. The van der Waals surface area contributed by atoms with E-state index < -0.39 is 37.3 Å². The lowest BCUT2D eigenvalue weighted by Gasteiger charge is -2.23. The molecular formula is C13H16F3N3O4S. The van der Waals surface area contributed by atoms with E-state index in [1.54, 1.807) is 0 Å². The molecule has 1 unspecified atom stereocenters. The average molecular weight is 367 g/mol. The Hall–Kier alpha value is -1.72. The van der Waals surface area contributed by atoms with Gasteiger partial charge in [-0.15, -0.1) is 0 Å². The summed E-state index contributed by atoms with van der Waals surface area (Å²) in [6, 6.07) is 1.59. The van der Waals surface area contributed by atoms with Crippen molar-refractivity contribution < 1.29 is 26.5 Å². The first-order valence-corrected chi connectivity index (χ1v) is 8.65. The summed E-state index contributed by atoms with van der Waals surface area (Å²) in [4.78, 5) is 8.62. The van der Waals surface area contributed by atoms with Crippen LogP contribution in [-0.4, -0.2) is 33.0 Å². The molecule has 134 valence electrons. The molecule has 1 aromatic carbocycles. The topological polar surface area (TPSA) is 101 Å². The number of non-ortho nitro benzene ring substituents is 1. The van der Waals surface area contributed by atoms with Gasteiger partial charge in [0.05, 0.1) is 15.4 Å². The van der Waals surface area contributed by atoms with Gasteiger partial charge < -0.3 is 5.32 Å². The fraction of sp³-hybridized carbons (Fsp3) is 0.538. The molecule has 0 amide bonds. The van der Waals surface area contributed by atoms with Gasteiger partial charge in [-0.1, -0.05) is 0 Å². The Labute approximate surface area is 136 Å². The molecule has 1 fully saturated rings. The Bertz CT molecular complexity index is 716. The summed E-state index contributed by atoms with van der Waals surface area (Å²) in [5.41, 5.74) is -2.37. The van der Waals surface area contributed by atoms with Crippen molar-refractivity contribution in [3.8, 4) is 0 Å². The molecule has 1 saturated heterocycles. The third kappa shape index (κ3) is 4.42. The molecule has 0 bridgehead atoms. The quantitative estimate of drug-likeness (QED) is 0.611. The van der Waals surface area contributed by atoms with Gasteiger partial charge >= 0.3 is 6.18 Å². The molecule has 1 atom stereocenters. The molecule has 1 heterocycles. The van der Waals surface area contributed by atoms with Crippen LogP contribution >= 0.6 is 0 Å². The Balaban J connectivity index is 2.29. The maximum atomic E-state index is 13.1. The van der Waals surface area contributed by atoms with Gasteiger partial charge in [-0.05, 0) is 37.9 Å². The van der Waals surface area contributed by atoms with Gasteiger partial charge in [0.25, 0.3) is 5.69 Å². The van der Waals surface area contributed by atoms with Crippen LogP contribution in [0.15, 0.2) is 23.1 Å². The van der Waals surface area contributed by atoms with Crippen molar-refractivity contribution in [1.29, 1.82) is 0 Å². The third-order valence-electron chi connectivity index (χ3n) is 3.73. The zero-order valence-corrected chi connectivity index (χ0v) is 13.3. The highest BCUT2D eigenvalue weighted by Gasteiger charge is 2.38. The van der Waals surface area contributed by atoms with E-state index in [0.29, 0.717) is 12.6 Å². The van der Waals surface area contributed by atoms with Crippen molar-refractivity contribution in [1.82, 2.24) is 10.0 Å². The summed E-state index contributed by atoms with van der Waals surface area (Å²) >= 11 is 0. The molecule has 24 heavy (non-hydrogen) atoms. The Kier molecular flexibility index (Phi) is 5.45. The van der Waals surface area contributed by atoms with E-state index in [4.69, 9.17) is 0 Å². The van der Waals surface area contributed by atoms with Crippen LogP contribution in [0.3, 0.4) is 0 Å². The molecule has 0 spiro atoms. The zero-order chi connectivity index (χ0) is 18.0. The van der Waals surface area contributed by atoms with Crippen LogP contribution in [0.25, 0.3) is 0 Å². The molecule has 0 aliphatic carbocycles. The maximum absolute atomic E-state index is 13.1. The molecule has 1 aliphatic heterocycles. The van der Waals surface area contributed by atoms with E-state index >= 15 is 0 Å². The van der Waals surface area contributed by atoms with E-state index in [2.05, 4.69) is 10.0 Å². The highest BCUT2D eigenvalue weighted by Crippen LogP contribution is 2.36. The van der Waals surface area contributed by atoms with E-state index in [9.17, 15) is 31.7 Å². The predicted octanol–water partition coefficient (Wildman–Crippen LogP) is 1.89. The summed E-state index contributed by atoms with van der Waals surface area (Å²) in [5.74, 6) is -0.0130. The highest BCUT2D eigenvalue weighted by molar-refractivity contribution is 7.89. The molecule has 1 aromatic rings.